The summed E-state index contributed by atoms with van der Waals surface area (Å²) in [4.78, 5) is 24.8. The van der Waals surface area contributed by atoms with Gasteiger partial charge in [0.1, 0.15) is 22.9 Å². The number of halogens is 2. The van der Waals surface area contributed by atoms with Gasteiger partial charge in [0, 0.05) is 12.4 Å². The van der Waals surface area contributed by atoms with Gasteiger partial charge in [0.05, 0.1) is 29.7 Å². The Morgan fingerprint density at radius 2 is 1.76 bits per heavy atom. The van der Waals surface area contributed by atoms with Gasteiger partial charge in [0.15, 0.2) is 5.82 Å². The van der Waals surface area contributed by atoms with Crippen LogP contribution in [0, 0.1) is 11.6 Å². The zero-order valence-electron chi connectivity index (χ0n) is 17.6. The van der Waals surface area contributed by atoms with E-state index in [4.69, 9.17) is 0 Å². The molecule has 1 saturated carbocycles. The van der Waals surface area contributed by atoms with Crippen molar-refractivity contribution in [2.24, 2.45) is 0 Å². The molecule has 1 aliphatic carbocycles. The van der Waals surface area contributed by atoms with Crippen molar-refractivity contribution in [2.75, 3.05) is 5.32 Å². The van der Waals surface area contributed by atoms with Crippen LogP contribution in [0.2, 0.25) is 0 Å². The number of carbonyl (C=O) groups is 1. The molecule has 0 bridgehead atoms. The number of aliphatic hydroxyl groups is 3. The van der Waals surface area contributed by atoms with Crippen molar-refractivity contribution < 1.29 is 28.9 Å². The Morgan fingerprint density at radius 3 is 2.42 bits per heavy atom. The molecule has 0 aliphatic heterocycles. The Labute approximate surface area is 188 Å². The third-order valence-corrected chi connectivity index (χ3v) is 5.98. The zero-order valence-corrected chi connectivity index (χ0v) is 17.6. The summed E-state index contributed by atoms with van der Waals surface area (Å²) in [5, 5.41) is 33.5. The highest BCUT2D eigenvalue weighted by Crippen LogP contribution is 2.40. The predicted octanol–water partition coefficient (Wildman–Crippen LogP) is 2.42. The van der Waals surface area contributed by atoms with E-state index in [1.165, 1.54) is 37.6 Å². The number of aliphatic hydroxyl groups excluding tert-OH is 2. The second kappa shape index (κ2) is 8.89. The second-order valence-electron chi connectivity index (χ2n) is 8.20. The average Bonchev–Trinajstić information content (AvgIpc) is 2.78. The number of pyridine rings is 1. The summed E-state index contributed by atoms with van der Waals surface area (Å²) in [6, 6.07) is 6.31. The fourth-order valence-corrected chi connectivity index (χ4v) is 3.96. The molecule has 4 N–H and O–H groups in total. The van der Waals surface area contributed by atoms with E-state index in [1.807, 2.05) is 0 Å². The van der Waals surface area contributed by atoms with Gasteiger partial charge < -0.3 is 20.6 Å². The summed E-state index contributed by atoms with van der Waals surface area (Å²) >= 11 is 0. The van der Waals surface area contributed by atoms with Gasteiger partial charge in [-0.15, -0.1) is 0 Å². The van der Waals surface area contributed by atoms with E-state index in [0.29, 0.717) is 11.3 Å². The maximum absolute atomic E-state index is 14.1. The first-order chi connectivity index (χ1) is 15.7. The van der Waals surface area contributed by atoms with Gasteiger partial charge in [-0.05, 0) is 55.5 Å². The Bertz CT molecular complexity index is 1160. The standard InChI is InChI=1S/C23H22F2N4O4/c1-23(33)18(30)9-12(10-19(23)31)13-5-7-26-11-17(13)29-22(32)16-6-8-27-21(28-16)20-14(24)3-2-4-15(20)25/h2-8,11-12,18-19,30-31,33H,9-10H2,1H3,(H,29,32)/t12-,18+,19-,23-. The van der Waals surface area contributed by atoms with Crippen LogP contribution in [0.4, 0.5) is 14.5 Å². The first-order valence-corrected chi connectivity index (χ1v) is 10.3. The van der Waals surface area contributed by atoms with Gasteiger partial charge in [0.25, 0.3) is 5.91 Å². The SMILES string of the molecule is C[C@]1(O)[C@H](O)C[C@H](c2ccncc2NC(=O)c2ccnc(-c3c(F)cccc3F)n2)C[C@@H]1O. The highest BCUT2D eigenvalue weighted by Gasteiger charge is 2.45. The van der Waals surface area contributed by atoms with Crippen LogP contribution in [0.1, 0.15) is 41.7 Å². The van der Waals surface area contributed by atoms with Gasteiger partial charge in [0.2, 0.25) is 0 Å². The molecule has 1 aliphatic rings. The number of hydrogen-bond acceptors (Lipinski definition) is 7. The quantitative estimate of drug-likeness (QED) is 0.475. The smallest absolute Gasteiger partial charge is 0.274 e. The Kier molecular flexibility index (Phi) is 6.15. The lowest BCUT2D eigenvalue weighted by atomic mass is 9.73. The van der Waals surface area contributed by atoms with Crippen LogP contribution in [-0.2, 0) is 0 Å². The molecule has 0 spiro atoms. The molecule has 33 heavy (non-hydrogen) atoms. The lowest BCUT2D eigenvalue weighted by Gasteiger charge is -2.42. The van der Waals surface area contributed by atoms with Crippen LogP contribution in [0.15, 0.2) is 48.9 Å². The topological polar surface area (TPSA) is 128 Å². The molecule has 1 aromatic carbocycles. The summed E-state index contributed by atoms with van der Waals surface area (Å²) in [6.45, 7) is 1.37. The molecule has 2 aromatic heterocycles. The van der Waals surface area contributed by atoms with E-state index in [1.54, 1.807) is 6.07 Å². The van der Waals surface area contributed by atoms with Crippen LogP contribution in [-0.4, -0.2) is 54.0 Å². The Morgan fingerprint density at radius 1 is 1.09 bits per heavy atom. The van der Waals surface area contributed by atoms with Crippen molar-refractivity contribution in [1.82, 2.24) is 15.0 Å². The van der Waals surface area contributed by atoms with Crippen molar-refractivity contribution in [3.63, 3.8) is 0 Å². The Balaban J connectivity index is 1.60. The van der Waals surface area contributed by atoms with Crippen LogP contribution in [0.25, 0.3) is 11.4 Å². The molecule has 4 atom stereocenters. The predicted molar refractivity (Wildman–Crippen MR) is 114 cm³/mol. The van der Waals surface area contributed by atoms with Crippen molar-refractivity contribution in [3.8, 4) is 11.4 Å². The van der Waals surface area contributed by atoms with Gasteiger partial charge in [-0.3, -0.25) is 9.78 Å². The maximum Gasteiger partial charge on any atom is 0.274 e. The summed E-state index contributed by atoms with van der Waals surface area (Å²) in [6.07, 6.45) is 2.16. The normalized spacial score (nSPS) is 25.0. The van der Waals surface area contributed by atoms with Crippen LogP contribution in [0.3, 0.4) is 0 Å². The van der Waals surface area contributed by atoms with E-state index in [2.05, 4.69) is 20.3 Å². The van der Waals surface area contributed by atoms with Gasteiger partial charge in [-0.1, -0.05) is 6.07 Å². The van der Waals surface area contributed by atoms with E-state index in [0.717, 1.165) is 12.1 Å². The van der Waals surface area contributed by atoms with Crippen LogP contribution in [0.5, 0.6) is 0 Å². The molecule has 1 fully saturated rings. The number of rotatable bonds is 4. The summed E-state index contributed by atoms with van der Waals surface area (Å²) in [7, 11) is 0. The minimum atomic E-state index is -1.63. The molecular formula is C23H22F2N4O4. The first-order valence-electron chi connectivity index (χ1n) is 10.3. The molecule has 8 nitrogen and oxygen atoms in total. The summed E-state index contributed by atoms with van der Waals surface area (Å²) in [5.74, 6) is -3.00. The number of benzene rings is 1. The summed E-state index contributed by atoms with van der Waals surface area (Å²) in [5.41, 5.74) is -1.26. The minimum absolute atomic E-state index is 0.121. The molecule has 3 aromatic rings. The van der Waals surface area contributed by atoms with Crippen LogP contribution >= 0.6 is 0 Å². The van der Waals surface area contributed by atoms with Gasteiger partial charge in [-0.2, -0.15) is 0 Å². The molecule has 0 radical (unpaired) electrons. The number of anilines is 1. The van der Waals surface area contributed by atoms with E-state index in [9.17, 15) is 28.9 Å². The van der Waals surface area contributed by atoms with E-state index < -0.39 is 40.9 Å². The number of amides is 1. The van der Waals surface area contributed by atoms with Crippen molar-refractivity contribution in [2.45, 2.75) is 43.5 Å². The maximum atomic E-state index is 14.1. The lowest BCUT2D eigenvalue weighted by molar-refractivity contribution is -0.160. The number of nitrogens with one attached hydrogen (secondary N) is 1. The summed E-state index contributed by atoms with van der Waals surface area (Å²) < 4.78 is 28.2. The minimum Gasteiger partial charge on any atom is -0.390 e. The zero-order chi connectivity index (χ0) is 23.8. The molecule has 4 rings (SSSR count). The van der Waals surface area contributed by atoms with Gasteiger partial charge in [-0.25, -0.2) is 18.7 Å². The highest BCUT2D eigenvalue weighted by molar-refractivity contribution is 6.03. The molecule has 0 saturated heterocycles. The molecule has 1 amide bonds. The third-order valence-electron chi connectivity index (χ3n) is 5.98. The number of nitrogens with zero attached hydrogens (tertiary/aromatic N) is 3. The number of carbonyl (C=O) groups excluding carboxylic acids is 1. The van der Waals surface area contributed by atoms with Crippen molar-refractivity contribution in [3.05, 3.63) is 71.8 Å². The molecule has 0 unspecified atom stereocenters. The van der Waals surface area contributed by atoms with E-state index >= 15 is 0 Å². The van der Waals surface area contributed by atoms with Crippen LogP contribution < -0.4 is 5.32 Å². The lowest BCUT2D eigenvalue weighted by Crippen LogP contribution is -2.54. The Hall–Kier alpha value is -3.34. The van der Waals surface area contributed by atoms with Crippen molar-refractivity contribution >= 4 is 11.6 Å². The average molecular weight is 456 g/mol. The van der Waals surface area contributed by atoms with Crippen molar-refractivity contribution in [1.29, 1.82) is 0 Å². The monoisotopic (exact) mass is 456 g/mol. The fourth-order valence-electron chi connectivity index (χ4n) is 3.96. The highest BCUT2D eigenvalue weighted by atomic mass is 19.1. The number of aromatic nitrogens is 3. The molecular weight excluding hydrogens is 434 g/mol. The second-order valence-corrected chi connectivity index (χ2v) is 8.20. The fraction of sp³-hybridized carbons (Fsp3) is 0.304. The molecule has 172 valence electrons. The molecule has 10 heteroatoms. The largest absolute Gasteiger partial charge is 0.390 e. The van der Waals surface area contributed by atoms with E-state index in [-0.39, 0.29) is 30.3 Å². The first kappa shape index (κ1) is 22.8. The third kappa shape index (κ3) is 4.45. The molecule has 2 heterocycles. The number of hydrogen-bond donors (Lipinski definition) is 4. The van der Waals surface area contributed by atoms with Gasteiger partial charge >= 0.3 is 0 Å².